The molecule has 0 bridgehead atoms. The third kappa shape index (κ3) is 2.98. The van der Waals surface area contributed by atoms with Crippen LogP contribution in [-0.4, -0.2) is 6.04 Å². The minimum absolute atomic E-state index is 0.684. The topological polar surface area (TPSA) is 38.0 Å². The van der Waals surface area contributed by atoms with Crippen LogP contribution in [0.15, 0.2) is 22.7 Å². The van der Waals surface area contributed by atoms with E-state index in [2.05, 4.69) is 28.2 Å². The lowest BCUT2D eigenvalue weighted by Gasteiger charge is -2.13. The van der Waals surface area contributed by atoms with Gasteiger partial charge in [0.2, 0.25) is 0 Å². The molecule has 0 aliphatic heterocycles. The summed E-state index contributed by atoms with van der Waals surface area (Å²) in [4.78, 5) is 0. The Labute approximate surface area is 106 Å². The van der Waals surface area contributed by atoms with Crippen molar-refractivity contribution in [2.45, 2.75) is 38.8 Å². The van der Waals surface area contributed by atoms with Gasteiger partial charge in [-0.15, -0.1) is 0 Å². The van der Waals surface area contributed by atoms with Crippen LogP contribution < -0.4 is 11.1 Å². The van der Waals surface area contributed by atoms with Crippen molar-refractivity contribution in [1.82, 2.24) is 5.32 Å². The fourth-order valence-electron chi connectivity index (χ4n) is 2.38. The number of rotatable bonds is 3. The smallest absolute Gasteiger partial charge is 0.0318 e. The number of nitrogen functional groups attached to an aromatic ring is 1. The molecule has 1 saturated carbocycles. The number of nitrogens with one attached hydrogen (secondary N) is 1. The Bertz CT molecular complexity index is 365. The highest BCUT2D eigenvalue weighted by atomic mass is 79.9. The molecule has 2 nitrogen and oxygen atoms in total. The Kier molecular flexibility index (Phi) is 3.87. The maximum atomic E-state index is 5.78. The molecule has 1 aromatic carbocycles. The van der Waals surface area contributed by atoms with Gasteiger partial charge in [-0.3, -0.25) is 0 Å². The quantitative estimate of drug-likeness (QED) is 0.835. The molecule has 1 aliphatic rings. The number of nitrogens with two attached hydrogens (primary N) is 1. The summed E-state index contributed by atoms with van der Waals surface area (Å²) in [5.41, 5.74) is 7.87. The highest BCUT2D eigenvalue weighted by Gasteiger charge is 2.20. The Hall–Kier alpha value is -0.540. The molecule has 3 heteroatoms. The second-order valence-corrected chi connectivity index (χ2v) is 5.70. The zero-order valence-corrected chi connectivity index (χ0v) is 11.3. The van der Waals surface area contributed by atoms with Crippen molar-refractivity contribution in [2.75, 3.05) is 5.73 Å². The first-order chi connectivity index (χ1) is 7.65. The number of halogens is 1. The maximum absolute atomic E-state index is 5.78. The van der Waals surface area contributed by atoms with Crippen molar-refractivity contribution in [3.8, 4) is 0 Å². The molecule has 0 spiro atoms. The van der Waals surface area contributed by atoms with Crippen molar-refractivity contribution in [3.63, 3.8) is 0 Å². The van der Waals surface area contributed by atoms with E-state index in [1.54, 1.807) is 0 Å². The highest BCUT2D eigenvalue weighted by Crippen LogP contribution is 2.25. The fraction of sp³-hybridized carbons (Fsp3) is 0.538. The zero-order chi connectivity index (χ0) is 11.5. The van der Waals surface area contributed by atoms with Gasteiger partial charge in [0.1, 0.15) is 0 Å². The predicted molar refractivity (Wildman–Crippen MR) is 72.2 cm³/mol. The van der Waals surface area contributed by atoms with Gasteiger partial charge >= 0.3 is 0 Å². The summed E-state index contributed by atoms with van der Waals surface area (Å²) in [6.07, 6.45) is 3.97. The average molecular weight is 283 g/mol. The molecule has 0 radical (unpaired) electrons. The van der Waals surface area contributed by atoms with Gasteiger partial charge in [0.25, 0.3) is 0 Å². The van der Waals surface area contributed by atoms with Crippen LogP contribution in [0.5, 0.6) is 0 Å². The van der Waals surface area contributed by atoms with E-state index in [9.17, 15) is 0 Å². The molecule has 3 N–H and O–H groups in total. The Balaban J connectivity index is 1.91. The van der Waals surface area contributed by atoms with Gasteiger partial charge in [-0.05, 0) is 48.9 Å². The molecule has 2 unspecified atom stereocenters. The molecule has 2 atom stereocenters. The molecule has 16 heavy (non-hydrogen) atoms. The molecular formula is C13H19BrN2. The lowest BCUT2D eigenvalue weighted by molar-refractivity contribution is 0.502. The number of hydrogen-bond donors (Lipinski definition) is 2. The Morgan fingerprint density at radius 1 is 1.44 bits per heavy atom. The van der Waals surface area contributed by atoms with E-state index in [0.717, 1.165) is 22.6 Å². The second kappa shape index (κ2) is 5.19. The van der Waals surface area contributed by atoms with E-state index in [1.165, 1.54) is 24.8 Å². The van der Waals surface area contributed by atoms with E-state index in [4.69, 9.17) is 5.73 Å². The molecule has 1 aliphatic carbocycles. The molecule has 88 valence electrons. The van der Waals surface area contributed by atoms with Crippen LogP contribution in [-0.2, 0) is 6.54 Å². The van der Waals surface area contributed by atoms with Crippen LogP contribution in [0.2, 0.25) is 0 Å². The van der Waals surface area contributed by atoms with Gasteiger partial charge in [0, 0.05) is 22.7 Å². The van der Waals surface area contributed by atoms with Crippen molar-refractivity contribution in [1.29, 1.82) is 0 Å². The summed E-state index contributed by atoms with van der Waals surface area (Å²) in [6.45, 7) is 3.24. The van der Waals surface area contributed by atoms with Crippen LogP contribution >= 0.6 is 15.9 Å². The average Bonchev–Trinajstić information content (AvgIpc) is 2.66. The second-order valence-electron chi connectivity index (χ2n) is 4.85. The molecule has 1 aromatic rings. The van der Waals surface area contributed by atoms with Crippen molar-refractivity contribution in [3.05, 3.63) is 28.2 Å². The van der Waals surface area contributed by atoms with Crippen molar-refractivity contribution >= 4 is 21.6 Å². The van der Waals surface area contributed by atoms with Crippen molar-refractivity contribution in [2.24, 2.45) is 5.92 Å². The van der Waals surface area contributed by atoms with Crippen LogP contribution in [0.3, 0.4) is 0 Å². The summed E-state index contributed by atoms with van der Waals surface area (Å²) in [6, 6.07) is 6.66. The molecule has 0 aromatic heterocycles. The standard InChI is InChI=1S/C13H19BrN2/c1-9-2-4-12(6-9)16-8-10-7-11(15)3-5-13(10)14/h3,5,7,9,12,16H,2,4,6,8,15H2,1H3. The van der Waals surface area contributed by atoms with E-state index >= 15 is 0 Å². The predicted octanol–water partition coefficient (Wildman–Crippen LogP) is 3.31. The first-order valence-corrected chi connectivity index (χ1v) is 6.71. The SMILES string of the molecule is CC1CCC(NCc2cc(N)ccc2Br)C1. The summed E-state index contributed by atoms with van der Waals surface area (Å²) in [7, 11) is 0. The molecule has 0 saturated heterocycles. The number of anilines is 1. The Morgan fingerprint density at radius 3 is 2.94 bits per heavy atom. The van der Waals surface area contributed by atoms with Gasteiger partial charge in [0.05, 0.1) is 0 Å². The Morgan fingerprint density at radius 2 is 2.25 bits per heavy atom. The lowest BCUT2D eigenvalue weighted by atomic mass is 10.1. The number of hydrogen-bond acceptors (Lipinski definition) is 2. The van der Waals surface area contributed by atoms with E-state index < -0.39 is 0 Å². The lowest BCUT2D eigenvalue weighted by Crippen LogP contribution is -2.25. The molecule has 1 fully saturated rings. The fourth-order valence-corrected chi connectivity index (χ4v) is 2.76. The first-order valence-electron chi connectivity index (χ1n) is 5.92. The van der Waals surface area contributed by atoms with Gasteiger partial charge in [-0.1, -0.05) is 22.9 Å². The molecule has 2 rings (SSSR count). The summed E-state index contributed by atoms with van der Waals surface area (Å²) in [5.74, 6) is 0.877. The molecule has 0 amide bonds. The summed E-state index contributed by atoms with van der Waals surface area (Å²) < 4.78 is 1.14. The van der Waals surface area contributed by atoms with Gasteiger partial charge < -0.3 is 11.1 Å². The minimum Gasteiger partial charge on any atom is -0.399 e. The maximum Gasteiger partial charge on any atom is 0.0318 e. The third-order valence-electron chi connectivity index (χ3n) is 3.35. The third-order valence-corrected chi connectivity index (χ3v) is 4.12. The zero-order valence-electron chi connectivity index (χ0n) is 9.67. The van der Waals surface area contributed by atoms with Crippen LogP contribution in [0, 0.1) is 5.92 Å². The van der Waals surface area contributed by atoms with Crippen LogP contribution in [0.4, 0.5) is 5.69 Å². The summed E-state index contributed by atoms with van der Waals surface area (Å²) in [5, 5.41) is 3.61. The summed E-state index contributed by atoms with van der Waals surface area (Å²) >= 11 is 3.56. The van der Waals surface area contributed by atoms with Gasteiger partial charge in [-0.25, -0.2) is 0 Å². The largest absolute Gasteiger partial charge is 0.399 e. The van der Waals surface area contributed by atoms with E-state index in [-0.39, 0.29) is 0 Å². The highest BCUT2D eigenvalue weighted by molar-refractivity contribution is 9.10. The van der Waals surface area contributed by atoms with Gasteiger partial charge in [0.15, 0.2) is 0 Å². The van der Waals surface area contributed by atoms with E-state index in [1.807, 2.05) is 18.2 Å². The monoisotopic (exact) mass is 282 g/mol. The van der Waals surface area contributed by atoms with Crippen LogP contribution in [0.25, 0.3) is 0 Å². The van der Waals surface area contributed by atoms with E-state index in [0.29, 0.717) is 6.04 Å². The molecular weight excluding hydrogens is 264 g/mol. The van der Waals surface area contributed by atoms with Crippen molar-refractivity contribution < 1.29 is 0 Å². The minimum atomic E-state index is 0.684. The molecule has 0 heterocycles. The van der Waals surface area contributed by atoms with Crippen LogP contribution in [0.1, 0.15) is 31.7 Å². The normalized spacial score (nSPS) is 24.9. The first kappa shape index (κ1) is 11.9. The number of benzene rings is 1. The van der Waals surface area contributed by atoms with Gasteiger partial charge in [-0.2, -0.15) is 0 Å².